The van der Waals surface area contributed by atoms with Crippen molar-refractivity contribution < 1.29 is 19.8 Å². The summed E-state index contributed by atoms with van der Waals surface area (Å²) in [5.74, 6) is -0.923. The van der Waals surface area contributed by atoms with E-state index < -0.39 is 11.5 Å². The third kappa shape index (κ3) is 3.69. The topological polar surface area (TPSA) is 86.6 Å². The van der Waals surface area contributed by atoms with Crippen LogP contribution in [0.5, 0.6) is 0 Å². The first-order chi connectivity index (χ1) is 8.99. The van der Waals surface area contributed by atoms with Gasteiger partial charge in [-0.25, -0.2) is 0 Å². The van der Waals surface area contributed by atoms with E-state index in [1.165, 1.54) is 0 Å². The lowest BCUT2D eigenvalue weighted by Crippen LogP contribution is -2.43. The predicted octanol–water partition coefficient (Wildman–Crippen LogP) is 1.44. The maximum atomic E-state index is 12.1. The molecule has 2 rings (SSSR count). The van der Waals surface area contributed by atoms with Crippen molar-refractivity contribution in [3.63, 3.8) is 0 Å². The molecule has 0 unspecified atom stereocenters. The van der Waals surface area contributed by atoms with E-state index in [9.17, 15) is 14.7 Å². The molecule has 1 amide bonds. The number of carboxylic acids is 1. The largest absolute Gasteiger partial charge is 0.481 e. The first-order valence-corrected chi connectivity index (χ1v) is 7.13. The summed E-state index contributed by atoms with van der Waals surface area (Å²) < 4.78 is 0. The summed E-state index contributed by atoms with van der Waals surface area (Å²) >= 11 is 0. The van der Waals surface area contributed by atoms with E-state index in [1.54, 1.807) is 0 Å². The molecule has 0 aromatic carbocycles. The second-order valence-electron chi connectivity index (χ2n) is 6.29. The normalized spacial score (nSPS) is 23.6. The minimum Gasteiger partial charge on any atom is -0.481 e. The van der Waals surface area contributed by atoms with Gasteiger partial charge in [-0.2, -0.15) is 0 Å². The number of carboxylic acid groups (broad SMARTS) is 1. The minimum atomic E-state index is -0.821. The van der Waals surface area contributed by atoms with Gasteiger partial charge < -0.3 is 15.5 Å². The Morgan fingerprint density at radius 1 is 1.00 bits per heavy atom. The molecule has 0 spiro atoms. The van der Waals surface area contributed by atoms with Crippen LogP contribution in [0.2, 0.25) is 0 Å². The zero-order chi connectivity index (χ0) is 13.9. The van der Waals surface area contributed by atoms with Gasteiger partial charge >= 0.3 is 5.97 Å². The van der Waals surface area contributed by atoms with Gasteiger partial charge in [0.1, 0.15) is 0 Å². The summed E-state index contributed by atoms with van der Waals surface area (Å²) in [5.41, 5.74) is -0.782. The molecule has 0 aliphatic heterocycles. The zero-order valence-corrected chi connectivity index (χ0v) is 11.3. The summed E-state index contributed by atoms with van der Waals surface area (Å²) in [6.45, 7) is -0.0231. The van der Waals surface area contributed by atoms with Gasteiger partial charge in [-0.3, -0.25) is 9.59 Å². The van der Waals surface area contributed by atoms with E-state index >= 15 is 0 Å². The smallest absolute Gasteiger partial charge is 0.303 e. The van der Waals surface area contributed by atoms with Gasteiger partial charge in [-0.1, -0.05) is 19.3 Å². The summed E-state index contributed by atoms with van der Waals surface area (Å²) in [6.07, 6.45) is 6.77. The highest BCUT2D eigenvalue weighted by molar-refractivity contribution is 5.79. The van der Waals surface area contributed by atoms with Crippen molar-refractivity contribution in [1.29, 1.82) is 0 Å². The van der Waals surface area contributed by atoms with Crippen molar-refractivity contribution >= 4 is 11.9 Å². The lowest BCUT2D eigenvalue weighted by molar-refractivity contribution is -0.141. The van der Waals surface area contributed by atoms with Crippen LogP contribution < -0.4 is 5.32 Å². The summed E-state index contributed by atoms with van der Waals surface area (Å²) in [4.78, 5) is 23.1. The van der Waals surface area contributed by atoms with E-state index in [1.807, 2.05) is 0 Å². The van der Waals surface area contributed by atoms with Gasteiger partial charge in [0.25, 0.3) is 0 Å². The molecule has 0 aromatic heterocycles. The predicted molar refractivity (Wildman–Crippen MR) is 69.6 cm³/mol. The Morgan fingerprint density at radius 3 is 2.11 bits per heavy atom. The molecule has 0 atom stereocenters. The lowest BCUT2D eigenvalue weighted by atomic mass is 9.69. The summed E-state index contributed by atoms with van der Waals surface area (Å²) in [7, 11) is 0. The van der Waals surface area contributed by atoms with E-state index in [0.717, 1.165) is 44.9 Å². The first kappa shape index (κ1) is 14.3. The molecule has 0 aromatic rings. The molecule has 3 N–H and O–H groups in total. The molecule has 2 fully saturated rings. The Labute approximate surface area is 113 Å². The molecule has 2 aliphatic rings. The monoisotopic (exact) mass is 269 g/mol. The van der Waals surface area contributed by atoms with E-state index in [-0.39, 0.29) is 30.8 Å². The Kier molecular flexibility index (Phi) is 4.13. The fourth-order valence-electron chi connectivity index (χ4n) is 3.19. The van der Waals surface area contributed by atoms with E-state index in [0.29, 0.717) is 0 Å². The van der Waals surface area contributed by atoms with Gasteiger partial charge in [-0.15, -0.1) is 0 Å². The van der Waals surface area contributed by atoms with Crippen LogP contribution in [-0.4, -0.2) is 34.2 Å². The number of rotatable bonds is 6. The van der Waals surface area contributed by atoms with Crippen LogP contribution in [-0.2, 0) is 9.59 Å². The fourth-order valence-corrected chi connectivity index (χ4v) is 3.19. The summed E-state index contributed by atoms with van der Waals surface area (Å²) in [5, 5.41) is 21.2. The second kappa shape index (κ2) is 5.49. The van der Waals surface area contributed by atoms with Gasteiger partial charge in [0.2, 0.25) is 5.91 Å². The molecule has 0 saturated heterocycles. The molecule has 5 heteroatoms. The SMILES string of the molecule is O=C(O)CC1(CC(=O)NC2(CO)CC2)CCCCC1. The number of aliphatic carboxylic acids is 1. The van der Waals surface area contributed by atoms with Gasteiger partial charge in [-0.05, 0) is 31.1 Å². The Morgan fingerprint density at radius 2 is 1.63 bits per heavy atom. The highest BCUT2D eigenvalue weighted by atomic mass is 16.4. The van der Waals surface area contributed by atoms with Crippen molar-refractivity contribution in [3.05, 3.63) is 0 Å². The molecule has 108 valence electrons. The average molecular weight is 269 g/mol. The maximum Gasteiger partial charge on any atom is 0.303 e. The third-order valence-electron chi connectivity index (χ3n) is 4.54. The van der Waals surface area contributed by atoms with Crippen LogP contribution in [0.1, 0.15) is 57.8 Å². The van der Waals surface area contributed by atoms with Crippen LogP contribution in [0.15, 0.2) is 0 Å². The number of nitrogens with one attached hydrogen (secondary N) is 1. The molecule has 0 bridgehead atoms. The number of hydrogen-bond donors (Lipinski definition) is 3. The second-order valence-corrected chi connectivity index (χ2v) is 6.29. The number of carbonyl (C=O) groups excluding carboxylic acids is 1. The van der Waals surface area contributed by atoms with Crippen LogP contribution in [0.3, 0.4) is 0 Å². The zero-order valence-electron chi connectivity index (χ0n) is 11.3. The number of carbonyl (C=O) groups is 2. The quantitative estimate of drug-likeness (QED) is 0.681. The van der Waals surface area contributed by atoms with E-state index in [4.69, 9.17) is 5.11 Å². The number of aliphatic hydroxyl groups is 1. The van der Waals surface area contributed by atoms with Crippen molar-refractivity contribution in [2.75, 3.05) is 6.61 Å². The highest BCUT2D eigenvalue weighted by Gasteiger charge is 2.45. The van der Waals surface area contributed by atoms with Crippen molar-refractivity contribution in [3.8, 4) is 0 Å². The van der Waals surface area contributed by atoms with Crippen molar-refractivity contribution in [2.45, 2.75) is 63.3 Å². The van der Waals surface area contributed by atoms with Gasteiger partial charge in [0.15, 0.2) is 0 Å². The fraction of sp³-hybridized carbons (Fsp3) is 0.857. The van der Waals surface area contributed by atoms with E-state index in [2.05, 4.69) is 5.32 Å². The Balaban J connectivity index is 1.95. The molecule has 0 heterocycles. The minimum absolute atomic E-state index is 0.0231. The van der Waals surface area contributed by atoms with Crippen molar-refractivity contribution in [2.24, 2.45) is 5.41 Å². The molecule has 2 saturated carbocycles. The van der Waals surface area contributed by atoms with Crippen LogP contribution in [0.25, 0.3) is 0 Å². The van der Waals surface area contributed by atoms with Gasteiger partial charge in [0.05, 0.1) is 18.6 Å². The molecular weight excluding hydrogens is 246 g/mol. The standard InChI is InChI=1S/C14H23NO4/c16-10-14(6-7-14)15-11(17)8-13(9-12(18)19)4-2-1-3-5-13/h16H,1-10H2,(H,15,17)(H,18,19). The number of aliphatic hydroxyl groups excluding tert-OH is 1. The van der Waals surface area contributed by atoms with Crippen LogP contribution in [0.4, 0.5) is 0 Å². The molecule has 5 nitrogen and oxygen atoms in total. The Hall–Kier alpha value is -1.10. The molecule has 19 heavy (non-hydrogen) atoms. The van der Waals surface area contributed by atoms with Crippen LogP contribution >= 0.6 is 0 Å². The molecule has 0 radical (unpaired) electrons. The molecular formula is C14H23NO4. The first-order valence-electron chi connectivity index (χ1n) is 7.13. The average Bonchev–Trinajstić information content (AvgIpc) is 3.09. The third-order valence-corrected chi connectivity index (χ3v) is 4.54. The highest BCUT2D eigenvalue weighted by Crippen LogP contribution is 2.43. The molecule has 2 aliphatic carbocycles. The van der Waals surface area contributed by atoms with Gasteiger partial charge in [0, 0.05) is 6.42 Å². The Bertz CT molecular complexity index is 356. The number of hydrogen-bond acceptors (Lipinski definition) is 3. The lowest BCUT2D eigenvalue weighted by Gasteiger charge is -2.36. The number of amides is 1. The maximum absolute atomic E-state index is 12.1. The summed E-state index contributed by atoms with van der Waals surface area (Å²) in [6, 6.07) is 0. The van der Waals surface area contributed by atoms with Crippen molar-refractivity contribution in [1.82, 2.24) is 5.32 Å². The van der Waals surface area contributed by atoms with Crippen LogP contribution in [0, 0.1) is 5.41 Å².